The summed E-state index contributed by atoms with van der Waals surface area (Å²) in [7, 11) is 0. The fourth-order valence-corrected chi connectivity index (χ4v) is 1.79. The zero-order valence-electron chi connectivity index (χ0n) is 9.92. The van der Waals surface area contributed by atoms with Crippen LogP contribution in [0.5, 0.6) is 0 Å². The van der Waals surface area contributed by atoms with Crippen LogP contribution < -0.4 is 5.73 Å². The molecule has 2 rings (SSSR count). The van der Waals surface area contributed by atoms with Gasteiger partial charge in [0.15, 0.2) is 0 Å². The zero-order valence-corrected chi connectivity index (χ0v) is 9.92. The Morgan fingerprint density at radius 1 is 1.50 bits per heavy atom. The Bertz CT molecular complexity index is 536. The topological polar surface area (TPSA) is 105 Å². The van der Waals surface area contributed by atoms with E-state index in [1.165, 1.54) is 6.33 Å². The van der Waals surface area contributed by atoms with Crippen molar-refractivity contribution in [3.05, 3.63) is 42.1 Å². The molecule has 6 heteroatoms. The summed E-state index contributed by atoms with van der Waals surface area (Å²) in [6.45, 7) is 1.64. The lowest BCUT2D eigenvalue weighted by molar-refractivity contribution is -0.143. The maximum atomic E-state index is 11.5. The van der Waals surface area contributed by atoms with Crippen molar-refractivity contribution in [1.29, 1.82) is 0 Å². The second-order valence-electron chi connectivity index (χ2n) is 4.36. The first kappa shape index (κ1) is 12.1. The van der Waals surface area contributed by atoms with Gasteiger partial charge >= 0.3 is 5.97 Å². The smallest absolute Gasteiger partial charge is 0.315 e. The maximum Gasteiger partial charge on any atom is 0.315 e. The first-order valence-electron chi connectivity index (χ1n) is 5.45. The summed E-state index contributed by atoms with van der Waals surface area (Å²) in [4.78, 5) is 22.3. The fourth-order valence-electron chi connectivity index (χ4n) is 1.79. The largest absolute Gasteiger partial charge is 0.481 e. The molecule has 94 valence electrons. The number of rotatable bonds is 4. The van der Waals surface area contributed by atoms with Crippen LogP contribution in [0.4, 0.5) is 5.82 Å². The molecule has 18 heavy (non-hydrogen) atoms. The van der Waals surface area contributed by atoms with Crippen LogP contribution in [-0.4, -0.2) is 26.0 Å². The zero-order chi connectivity index (χ0) is 13.2. The number of carboxylic acids is 1. The third-order valence-electron chi connectivity index (χ3n) is 2.94. The lowest BCUT2D eigenvalue weighted by Gasteiger charge is -2.22. The van der Waals surface area contributed by atoms with Gasteiger partial charge in [0, 0.05) is 12.4 Å². The highest BCUT2D eigenvalue weighted by molar-refractivity contribution is 5.80. The van der Waals surface area contributed by atoms with Crippen LogP contribution in [0.15, 0.2) is 30.9 Å². The van der Waals surface area contributed by atoms with Gasteiger partial charge in [-0.2, -0.15) is 0 Å². The number of H-pyrrole nitrogens is 1. The number of anilines is 1. The molecule has 2 aromatic heterocycles. The molecule has 0 radical (unpaired) electrons. The highest BCUT2D eigenvalue weighted by atomic mass is 16.4. The van der Waals surface area contributed by atoms with Crippen molar-refractivity contribution in [1.82, 2.24) is 15.0 Å². The summed E-state index contributed by atoms with van der Waals surface area (Å²) in [5.41, 5.74) is 5.71. The predicted octanol–water partition coefficient (Wildman–Crippen LogP) is 0.972. The van der Waals surface area contributed by atoms with E-state index in [2.05, 4.69) is 15.0 Å². The first-order chi connectivity index (χ1) is 8.52. The van der Waals surface area contributed by atoms with Crippen molar-refractivity contribution >= 4 is 11.8 Å². The minimum atomic E-state index is -1.09. The van der Waals surface area contributed by atoms with Crippen LogP contribution in [0.1, 0.15) is 18.2 Å². The van der Waals surface area contributed by atoms with Crippen LogP contribution in [0.25, 0.3) is 0 Å². The van der Waals surface area contributed by atoms with E-state index in [-0.39, 0.29) is 0 Å². The summed E-state index contributed by atoms with van der Waals surface area (Å²) < 4.78 is 0. The normalized spacial score (nSPS) is 14.1. The average Bonchev–Trinajstić information content (AvgIpc) is 2.86. The number of carbonyl (C=O) groups is 1. The van der Waals surface area contributed by atoms with E-state index in [0.717, 1.165) is 5.56 Å². The molecular formula is C12H14N4O2. The van der Waals surface area contributed by atoms with Crippen molar-refractivity contribution in [3.8, 4) is 0 Å². The minimum absolute atomic E-state index is 0.306. The molecule has 0 aliphatic rings. The third kappa shape index (κ3) is 2.17. The van der Waals surface area contributed by atoms with E-state index in [1.807, 2.05) is 0 Å². The number of hydrogen-bond acceptors (Lipinski definition) is 4. The molecule has 0 amide bonds. The number of nitrogens with two attached hydrogens (primary N) is 1. The number of aromatic amines is 1. The molecule has 2 heterocycles. The van der Waals surface area contributed by atoms with E-state index < -0.39 is 11.4 Å². The van der Waals surface area contributed by atoms with Gasteiger partial charge in [-0.3, -0.25) is 4.79 Å². The molecule has 0 fully saturated rings. The molecule has 2 aromatic rings. The summed E-state index contributed by atoms with van der Waals surface area (Å²) in [5.74, 6) is -0.512. The van der Waals surface area contributed by atoms with Crippen molar-refractivity contribution in [2.75, 3.05) is 5.73 Å². The molecule has 0 bridgehead atoms. The quantitative estimate of drug-likeness (QED) is 0.745. The Balaban J connectivity index is 2.32. The average molecular weight is 246 g/mol. The van der Waals surface area contributed by atoms with E-state index in [0.29, 0.717) is 17.9 Å². The second kappa shape index (κ2) is 4.48. The summed E-state index contributed by atoms with van der Waals surface area (Å²) in [6.07, 6.45) is 4.96. The van der Waals surface area contributed by atoms with Crippen LogP contribution in [0, 0.1) is 0 Å². The van der Waals surface area contributed by atoms with Gasteiger partial charge in [-0.25, -0.2) is 9.97 Å². The third-order valence-corrected chi connectivity index (χ3v) is 2.94. The molecule has 0 saturated carbocycles. The highest BCUT2D eigenvalue weighted by Crippen LogP contribution is 2.26. The molecule has 0 saturated heterocycles. The van der Waals surface area contributed by atoms with Crippen molar-refractivity contribution < 1.29 is 9.90 Å². The number of aromatic nitrogens is 3. The van der Waals surface area contributed by atoms with Gasteiger partial charge in [0.1, 0.15) is 11.2 Å². The Labute approximate surface area is 104 Å². The van der Waals surface area contributed by atoms with Crippen LogP contribution >= 0.6 is 0 Å². The van der Waals surface area contributed by atoms with Crippen LogP contribution in [0.3, 0.4) is 0 Å². The first-order valence-corrected chi connectivity index (χ1v) is 5.45. The molecule has 0 spiro atoms. The van der Waals surface area contributed by atoms with E-state index >= 15 is 0 Å². The van der Waals surface area contributed by atoms with Gasteiger partial charge in [-0.05, 0) is 25.0 Å². The minimum Gasteiger partial charge on any atom is -0.481 e. The summed E-state index contributed by atoms with van der Waals surface area (Å²) >= 11 is 0. The van der Waals surface area contributed by atoms with Gasteiger partial charge in [-0.1, -0.05) is 6.07 Å². The predicted molar refractivity (Wildman–Crippen MR) is 65.9 cm³/mol. The molecular weight excluding hydrogens is 232 g/mol. The SMILES string of the molecule is CC(Cc1ccc(N)nc1)(C(=O)O)c1c[nH]cn1. The molecule has 6 nitrogen and oxygen atoms in total. The molecule has 0 aliphatic carbocycles. The molecule has 1 atom stereocenters. The number of imidazole rings is 1. The van der Waals surface area contributed by atoms with Gasteiger partial charge in [0.2, 0.25) is 0 Å². The monoisotopic (exact) mass is 246 g/mol. The number of nitrogens with zero attached hydrogens (tertiary/aromatic N) is 2. The molecule has 1 unspecified atom stereocenters. The highest BCUT2D eigenvalue weighted by Gasteiger charge is 2.37. The lowest BCUT2D eigenvalue weighted by Crippen LogP contribution is -2.35. The number of nitrogen functional groups attached to an aromatic ring is 1. The number of carboxylic acid groups (broad SMARTS) is 1. The number of hydrogen-bond donors (Lipinski definition) is 3. The van der Waals surface area contributed by atoms with Gasteiger partial charge in [0.05, 0.1) is 12.0 Å². The maximum absolute atomic E-state index is 11.5. The van der Waals surface area contributed by atoms with Gasteiger partial charge in [-0.15, -0.1) is 0 Å². The summed E-state index contributed by atoms with van der Waals surface area (Å²) in [5, 5.41) is 9.42. The lowest BCUT2D eigenvalue weighted by atomic mass is 9.81. The number of nitrogens with one attached hydrogen (secondary N) is 1. The summed E-state index contributed by atoms with van der Waals surface area (Å²) in [6, 6.07) is 3.43. The van der Waals surface area contributed by atoms with E-state index in [1.54, 1.807) is 31.5 Å². The standard InChI is InChI=1S/C12H14N4O2/c1-12(11(17)18,9-6-14-7-16-9)4-8-2-3-10(13)15-5-8/h2-3,5-7H,4H2,1H3,(H2,13,15)(H,14,16)(H,17,18). The Morgan fingerprint density at radius 2 is 2.28 bits per heavy atom. The van der Waals surface area contributed by atoms with Crippen LogP contribution in [0.2, 0.25) is 0 Å². The number of aliphatic carboxylic acids is 1. The van der Waals surface area contributed by atoms with Crippen molar-refractivity contribution in [2.24, 2.45) is 0 Å². The van der Waals surface area contributed by atoms with Gasteiger partial charge in [0.25, 0.3) is 0 Å². The molecule has 0 aliphatic heterocycles. The Morgan fingerprint density at radius 3 is 2.78 bits per heavy atom. The fraction of sp³-hybridized carbons (Fsp3) is 0.250. The van der Waals surface area contributed by atoms with Crippen molar-refractivity contribution in [2.45, 2.75) is 18.8 Å². The van der Waals surface area contributed by atoms with E-state index in [4.69, 9.17) is 5.73 Å². The molecule has 0 aromatic carbocycles. The van der Waals surface area contributed by atoms with E-state index in [9.17, 15) is 9.90 Å². The van der Waals surface area contributed by atoms with Crippen molar-refractivity contribution in [3.63, 3.8) is 0 Å². The van der Waals surface area contributed by atoms with Crippen LogP contribution in [-0.2, 0) is 16.6 Å². The Kier molecular flexibility index (Phi) is 3.01. The molecule has 4 N–H and O–H groups in total. The van der Waals surface area contributed by atoms with Gasteiger partial charge < -0.3 is 15.8 Å². The Hall–Kier alpha value is -2.37. The second-order valence-corrected chi connectivity index (χ2v) is 4.36. The number of pyridine rings is 1.